The number of rotatable bonds is 8. The summed E-state index contributed by atoms with van der Waals surface area (Å²) in [5, 5.41) is 0. The molecule has 0 radical (unpaired) electrons. The Kier molecular flexibility index (Phi) is 7.25. The van der Waals surface area contributed by atoms with E-state index in [1.807, 2.05) is 0 Å². The van der Waals surface area contributed by atoms with Crippen LogP contribution in [0.4, 0.5) is 0 Å². The first-order chi connectivity index (χ1) is 9.58. The molecule has 110 valence electrons. The van der Waals surface area contributed by atoms with Gasteiger partial charge in [-0.05, 0) is 34.1 Å². The van der Waals surface area contributed by atoms with Gasteiger partial charge in [0, 0.05) is 19.1 Å². The molecule has 6 heteroatoms. The molecule has 1 aromatic carbocycles. The molecule has 0 aliphatic rings. The third kappa shape index (κ3) is 5.30. The highest BCUT2D eigenvalue weighted by Crippen LogP contribution is 2.26. The zero-order chi connectivity index (χ0) is 15.0. The van der Waals surface area contributed by atoms with Crippen molar-refractivity contribution in [3.8, 4) is 5.75 Å². The van der Waals surface area contributed by atoms with Crippen molar-refractivity contribution < 1.29 is 23.8 Å². The van der Waals surface area contributed by atoms with Gasteiger partial charge in [-0.15, -0.1) is 0 Å². The smallest absolute Gasteiger partial charge is 0.305 e. The molecule has 0 saturated carbocycles. The van der Waals surface area contributed by atoms with Gasteiger partial charge in [0.05, 0.1) is 11.1 Å². The van der Waals surface area contributed by atoms with E-state index in [-0.39, 0.29) is 18.8 Å². The summed E-state index contributed by atoms with van der Waals surface area (Å²) in [5.41, 5.74) is 0.435. The minimum Gasteiger partial charge on any atom is -0.490 e. The summed E-state index contributed by atoms with van der Waals surface area (Å²) in [4.78, 5) is 22.9. The van der Waals surface area contributed by atoms with Crippen LogP contribution < -0.4 is 4.74 Å². The summed E-state index contributed by atoms with van der Waals surface area (Å²) in [6.07, 6.45) is 0.249. The Hall–Kier alpha value is -1.40. The summed E-state index contributed by atoms with van der Waals surface area (Å²) < 4.78 is 15.9. The second-order valence-corrected chi connectivity index (χ2v) is 4.78. The summed E-state index contributed by atoms with van der Waals surface area (Å²) in [5.74, 6) is -0.113. The molecule has 0 N–H and O–H groups in total. The van der Waals surface area contributed by atoms with E-state index in [9.17, 15) is 9.59 Å². The van der Waals surface area contributed by atoms with Gasteiger partial charge in [-0.1, -0.05) is 6.92 Å². The highest BCUT2D eigenvalue weighted by molar-refractivity contribution is 9.10. The average Bonchev–Trinajstić information content (AvgIpc) is 2.46. The molecular formula is C14H17BrO5. The van der Waals surface area contributed by atoms with Crippen LogP contribution in [0.15, 0.2) is 22.7 Å². The minimum absolute atomic E-state index is 0.249. The number of ketones is 1. The molecule has 20 heavy (non-hydrogen) atoms. The maximum Gasteiger partial charge on any atom is 0.305 e. The van der Waals surface area contributed by atoms with Crippen LogP contribution in [0.1, 0.15) is 23.7 Å². The van der Waals surface area contributed by atoms with Crippen molar-refractivity contribution in [1.82, 2.24) is 0 Å². The van der Waals surface area contributed by atoms with Gasteiger partial charge < -0.3 is 14.2 Å². The molecule has 5 nitrogen and oxygen atoms in total. The Morgan fingerprint density at radius 1 is 1.25 bits per heavy atom. The fourth-order valence-corrected chi connectivity index (χ4v) is 1.71. The number of hydrogen-bond acceptors (Lipinski definition) is 5. The van der Waals surface area contributed by atoms with Crippen molar-refractivity contribution in [1.29, 1.82) is 0 Å². The predicted molar refractivity (Wildman–Crippen MR) is 77.1 cm³/mol. The van der Waals surface area contributed by atoms with Crippen LogP contribution >= 0.6 is 15.9 Å². The normalized spacial score (nSPS) is 10.2. The number of benzene rings is 1. The summed E-state index contributed by atoms with van der Waals surface area (Å²) in [6, 6.07) is 4.98. The van der Waals surface area contributed by atoms with Gasteiger partial charge in [0.1, 0.15) is 12.4 Å². The first kappa shape index (κ1) is 16.7. The zero-order valence-corrected chi connectivity index (χ0v) is 13.1. The van der Waals surface area contributed by atoms with E-state index in [0.717, 1.165) is 4.47 Å². The molecule has 0 atom stereocenters. The number of methoxy groups -OCH3 is 1. The maximum absolute atomic E-state index is 11.9. The van der Waals surface area contributed by atoms with E-state index < -0.39 is 5.97 Å². The summed E-state index contributed by atoms with van der Waals surface area (Å²) in [7, 11) is 1.58. The van der Waals surface area contributed by atoms with E-state index in [1.165, 1.54) is 0 Å². The molecule has 0 aliphatic carbocycles. The number of esters is 1. The van der Waals surface area contributed by atoms with Crippen LogP contribution in [0, 0.1) is 0 Å². The van der Waals surface area contributed by atoms with E-state index in [1.54, 1.807) is 32.2 Å². The molecule has 0 spiro atoms. The van der Waals surface area contributed by atoms with Gasteiger partial charge in [0.15, 0.2) is 12.4 Å². The Balaban J connectivity index is 2.68. The number of ether oxygens (including phenoxy) is 3. The molecule has 0 fully saturated rings. The van der Waals surface area contributed by atoms with Crippen LogP contribution in [0.3, 0.4) is 0 Å². The molecule has 1 rings (SSSR count). The van der Waals surface area contributed by atoms with Crippen molar-refractivity contribution in [2.45, 2.75) is 13.3 Å². The third-order valence-electron chi connectivity index (χ3n) is 2.45. The number of hydrogen-bond donors (Lipinski definition) is 0. The standard InChI is InChI=1S/C14H17BrO5/c1-3-14(17)20-9-12(16)10-4-5-11(15)13(8-10)19-7-6-18-2/h4-5,8H,3,6-7,9H2,1-2H3. The summed E-state index contributed by atoms with van der Waals surface area (Å²) in [6.45, 7) is 2.26. The van der Waals surface area contributed by atoms with Crippen LogP contribution in [0.2, 0.25) is 0 Å². The Bertz CT molecular complexity index is 473. The average molecular weight is 345 g/mol. The van der Waals surface area contributed by atoms with Crippen molar-refractivity contribution in [3.05, 3.63) is 28.2 Å². The van der Waals surface area contributed by atoms with Gasteiger partial charge in [-0.25, -0.2) is 0 Å². The van der Waals surface area contributed by atoms with Crippen molar-refractivity contribution in [2.75, 3.05) is 26.9 Å². The van der Waals surface area contributed by atoms with E-state index in [2.05, 4.69) is 15.9 Å². The third-order valence-corrected chi connectivity index (χ3v) is 3.11. The second-order valence-electron chi connectivity index (χ2n) is 3.92. The van der Waals surface area contributed by atoms with Gasteiger partial charge in [-0.3, -0.25) is 9.59 Å². The van der Waals surface area contributed by atoms with E-state index in [0.29, 0.717) is 24.5 Å². The van der Waals surface area contributed by atoms with E-state index >= 15 is 0 Å². The van der Waals surface area contributed by atoms with E-state index in [4.69, 9.17) is 14.2 Å². The van der Waals surface area contributed by atoms with Gasteiger partial charge in [-0.2, -0.15) is 0 Å². The van der Waals surface area contributed by atoms with Crippen LogP contribution in [0.25, 0.3) is 0 Å². The SMILES string of the molecule is CCC(=O)OCC(=O)c1ccc(Br)c(OCCOC)c1. The van der Waals surface area contributed by atoms with Gasteiger partial charge in [0.25, 0.3) is 0 Å². The molecule has 0 heterocycles. The van der Waals surface area contributed by atoms with Crippen molar-refractivity contribution >= 4 is 27.7 Å². The molecule has 0 unspecified atom stereocenters. The first-order valence-corrected chi connectivity index (χ1v) is 6.97. The quantitative estimate of drug-likeness (QED) is 0.412. The predicted octanol–water partition coefficient (Wildman–Crippen LogP) is 2.61. The Morgan fingerprint density at radius 3 is 2.65 bits per heavy atom. The lowest BCUT2D eigenvalue weighted by Crippen LogP contribution is -2.13. The molecule has 0 amide bonds. The maximum atomic E-state index is 11.9. The number of carbonyl (C=O) groups is 2. The second kappa shape index (κ2) is 8.71. The lowest BCUT2D eigenvalue weighted by Gasteiger charge is -2.09. The Morgan fingerprint density at radius 2 is 2.00 bits per heavy atom. The van der Waals surface area contributed by atoms with Crippen LogP contribution in [-0.4, -0.2) is 38.7 Å². The van der Waals surface area contributed by atoms with Crippen molar-refractivity contribution in [3.63, 3.8) is 0 Å². The molecule has 1 aromatic rings. The van der Waals surface area contributed by atoms with Crippen LogP contribution in [0.5, 0.6) is 5.75 Å². The lowest BCUT2D eigenvalue weighted by molar-refractivity contribution is -0.142. The lowest BCUT2D eigenvalue weighted by atomic mass is 10.1. The molecule has 0 bridgehead atoms. The summed E-state index contributed by atoms with van der Waals surface area (Å²) >= 11 is 3.34. The number of carbonyl (C=O) groups excluding carboxylic acids is 2. The van der Waals surface area contributed by atoms with Gasteiger partial charge in [0.2, 0.25) is 0 Å². The number of halogens is 1. The topological polar surface area (TPSA) is 61.8 Å². The molecule has 0 aromatic heterocycles. The fraction of sp³-hybridized carbons (Fsp3) is 0.429. The first-order valence-electron chi connectivity index (χ1n) is 6.18. The van der Waals surface area contributed by atoms with Crippen LogP contribution in [-0.2, 0) is 14.3 Å². The van der Waals surface area contributed by atoms with Gasteiger partial charge >= 0.3 is 5.97 Å². The largest absolute Gasteiger partial charge is 0.490 e. The fourth-order valence-electron chi connectivity index (χ4n) is 1.35. The number of Topliss-reactive ketones (excluding diaryl/α,β-unsaturated/α-hetero) is 1. The molecule has 0 saturated heterocycles. The molecule has 0 aliphatic heterocycles. The van der Waals surface area contributed by atoms with Crippen molar-refractivity contribution in [2.24, 2.45) is 0 Å². The minimum atomic E-state index is -0.396. The zero-order valence-electron chi connectivity index (χ0n) is 11.5. The highest BCUT2D eigenvalue weighted by atomic mass is 79.9. The monoisotopic (exact) mass is 344 g/mol. The Labute approximate surface area is 126 Å². The molecular weight excluding hydrogens is 328 g/mol. The highest BCUT2D eigenvalue weighted by Gasteiger charge is 2.11.